The van der Waals surface area contributed by atoms with E-state index in [1.54, 1.807) is 6.08 Å². The normalized spacial score (nSPS) is 26.1. The highest BCUT2D eigenvalue weighted by molar-refractivity contribution is 5.66. The van der Waals surface area contributed by atoms with Crippen LogP contribution in [0.3, 0.4) is 0 Å². The molecule has 144 valence electrons. The van der Waals surface area contributed by atoms with Crippen molar-refractivity contribution >= 4 is 5.97 Å². The lowest BCUT2D eigenvalue weighted by atomic mass is 9.71. The van der Waals surface area contributed by atoms with Crippen molar-refractivity contribution in [3.8, 4) is 6.07 Å². The Labute approximate surface area is 163 Å². The van der Waals surface area contributed by atoms with E-state index in [0.29, 0.717) is 0 Å². The Balaban J connectivity index is 2.23. The maximum Gasteiger partial charge on any atom is 0.302 e. The van der Waals surface area contributed by atoms with Gasteiger partial charge in [0.1, 0.15) is 6.10 Å². The third-order valence-corrected chi connectivity index (χ3v) is 5.46. The molecule has 1 unspecified atom stereocenters. The highest BCUT2D eigenvalue weighted by Crippen LogP contribution is 2.42. The summed E-state index contributed by atoms with van der Waals surface area (Å²) in [5.74, 6) is -0.201. The lowest BCUT2D eigenvalue weighted by molar-refractivity contribution is -0.147. The molecule has 2 aliphatic carbocycles. The number of allylic oxidation sites excluding steroid dienone is 9. The second-order valence-electron chi connectivity index (χ2n) is 8.29. The monoisotopic (exact) mass is 365 g/mol. The standard InChI is InChI=1S/C24H31NO2/c1-17(21-8-6-7-20(10-11-21)13-14-25)9-12-23-18(2)15-22(27-19(3)26)16-24(23,4)5/h9-13,22H,6-8,15-16H2,1-5H3/b12-9+,20-13+,21-17+. The van der Waals surface area contributed by atoms with Gasteiger partial charge in [-0.1, -0.05) is 43.7 Å². The molecule has 0 amide bonds. The van der Waals surface area contributed by atoms with E-state index in [9.17, 15) is 4.79 Å². The van der Waals surface area contributed by atoms with Crippen molar-refractivity contribution < 1.29 is 9.53 Å². The molecule has 0 bridgehead atoms. The van der Waals surface area contributed by atoms with Crippen LogP contribution in [0.15, 0.2) is 58.2 Å². The number of carbonyl (C=O) groups excluding carboxylic acids is 1. The van der Waals surface area contributed by atoms with Crippen LogP contribution in [0.2, 0.25) is 0 Å². The van der Waals surface area contributed by atoms with E-state index in [1.807, 2.05) is 0 Å². The van der Waals surface area contributed by atoms with E-state index in [0.717, 1.165) is 37.7 Å². The quantitative estimate of drug-likeness (QED) is 0.447. The summed E-state index contributed by atoms with van der Waals surface area (Å²) in [5, 5.41) is 8.84. The third-order valence-electron chi connectivity index (χ3n) is 5.46. The molecule has 3 heteroatoms. The Morgan fingerprint density at radius 3 is 2.67 bits per heavy atom. The average molecular weight is 366 g/mol. The fourth-order valence-electron chi connectivity index (χ4n) is 4.17. The van der Waals surface area contributed by atoms with Gasteiger partial charge in [0.15, 0.2) is 0 Å². The highest BCUT2D eigenvalue weighted by atomic mass is 16.5. The number of carbonyl (C=O) groups is 1. The predicted octanol–water partition coefficient (Wildman–Crippen LogP) is 6.12. The van der Waals surface area contributed by atoms with Crippen molar-refractivity contribution in [3.63, 3.8) is 0 Å². The van der Waals surface area contributed by atoms with Gasteiger partial charge in [-0.25, -0.2) is 0 Å². The number of hydrogen-bond acceptors (Lipinski definition) is 3. The summed E-state index contributed by atoms with van der Waals surface area (Å²) in [6.45, 7) is 10.2. The molecule has 0 radical (unpaired) electrons. The van der Waals surface area contributed by atoms with E-state index in [-0.39, 0.29) is 17.5 Å². The molecule has 0 aliphatic heterocycles. The third kappa shape index (κ3) is 5.82. The summed E-state index contributed by atoms with van der Waals surface area (Å²) >= 11 is 0. The Morgan fingerprint density at radius 1 is 1.30 bits per heavy atom. The lowest BCUT2D eigenvalue weighted by Crippen LogP contribution is -2.31. The molecule has 2 aliphatic rings. The van der Waals surface area contributed by atoms with Crippen molar-refractivity contribution in [1.29, 1.82) is 5.26 Å². The van der Waals surface area contributed by atoms with Crippen LogP contribution in [-0.2, 0) is 9.53 Å². The number of hydrogen-bond donors (Lipinski definition) is 0. The Kier molecular flexibility index (Phi) is 7.02. The van der Waals surface area contributed by atoms with Crippen molar-refractivity contribution in [1.82, 2.24) is 0 Å². The van der Waals surface area contributed by atoms with Gasteiger partial charge >= 0.3 is 5.97 Å². The number of esters is 1. The van der Waals surface area contributed by atoms with Gasteiger partial charge in [0.25, 0.3) is 0 Å². The molecule has 0 aromatic carbocycles. The molecule has 3 nitrogen and oxygen atoms in total. The zero-order valence-electron chi connectivity index (χ0n) is 17.3. The molecular weight excluding hydrogens is 334 g/mol. The minimum Gasteiger partial charge on any atom is -0.462 e. The summed E-state index contributed by atoms with van der Waals surface area (Å²) < 4.78 is 5.47. The van der Waals surface area contributed by atoms with E-state index in [1.165, 1.54) is 29.2 Å². The number of nitrogens with zero attached hydrogens (tertiary/aromatic N) is 1. The van der Waals surface area contributed by atoms with Crippen LogP contribution in [0.4, 0.5) is 0 Å². The van der Waals surface area contributed by atoms with Gasteiger partial charge in [-0.2, -0.15) is 5.26 Å². The SMILES string of the molecule is CC(=O)OC1CC(C)=C(/C=C/C(C)=C2C=C/C(=C/C#N)CCC/2)C(C)(C)C1. The number of nitriles is 1. The minimum absolute atomic E-state index is 0.0219. The summed E-state index contributed by atoms with van der Waals surface area (Å²) in [6, 6.07) is 2.13. The fourth-order valence-corrected chi connectivity index (χ4v) is 4.17. The Hall–Kier alpha value is -2.34. The van der Waals surface area contributed by atoms with Crippen molar-refractivity contribution in [2.45, 2.75) is 72.8 Å². The van der Waals surface area contributed by atoms with Crippen molar-refractivity contribution in [2.75, 3.05) is 0 Å². The van der Waals surface area contributed by atoms with E-state index in [2.05, 4.69) is 58.1 Å². The molecule has 0 saturated heterocycles. The van der Waals surface area contributed by atoms with Crippen molar-refractivity contribution in [2.24, 2.45) is 5.41 Å². The van der Waals surface area contributed by atoms with E-state index < -0.39 is 0 Å². The second-order valence-corrected chi connectivity index (χ2v) is 8.29. The maximum atomic E-state index is 11.3. The summed E-state index contributed by atoms with van der Waals surface area (Å²) in [6.07, 6.45) is 15.0. The summed E-state index contributed by atoms with van der Waals surface area (Å²) in [5.41, 5.74) is 6.31. The summed E-state index contributed by atoms with van der Waals surface area (Å²) in [4.78, 5) is 11.3. The molecule has 27 heavy (non-hydrogen) atoms. The van der Waals surface area contributed by atoms with Gasteiger partial charge < -0.3 is 4.74 Å². The van der Waals surface area contributed by atoms with Gasteiger partial charge in [-0.3, -0.25) is 4.79 Å². The lowest BCUT2D eigenvalue weighted by Gasteiger charge is -2.37. The van der Waals surface area contributed by atoms with E-state index >= 15 is 0 Å². The first-order chi connectivity index (χ1) is 12.7. The van der Waals surface area contributed by atoms with Gasteiger partial charge in [0, 0.05) is 19.4 Å². The van der Waals surface area contributed by atoms with Crippen LogP contribution in [0.1, 0.15) is 66.7 Å². The molecule has 1 atom stereocenters. The molecule has 0 aromatic rings. The zero-order valence-corrected chi connectivity index (χ0v) is 17.3. The van der Waals surface area contributed by atoms with Gasteiger partial charge in [-0.15, -0.1) is 0 Å². The Bertz CT molecular complexity index is 782. The molecule has 0 saturated carbocycles. The maximum absolute atomic E-state index is 11.3. The van der Waals surface area contributed by atoms with Crippen LogP contribution >= 0.6 is 0 Å². The van der Waals surface area contributed by atoms with Gasteiger partial charge in [0.2, 0.25) is 0 Å². The van der Waals surface area contributed by atoms with Crippen LogP contribution in [0.5, 0.6) is 0 Å². The Morgan fingerprint density at radius 2 is 2.04 bits per heavy atom. The molecule has 0 heterocycles. The molecule has 0 N–H and O–H groups in total. The first-order valence-electron chi connectivity index (χ1n) is 9.75. The smallest absolute Gasteiger partial charge is 0.302 e. The molecule has 0 spiro atoms. The van der Waals surface area contributed by atoms with Crippen molar-refractivity contribution in [3.05, 3.63) is 58.2 Å². The highest BCUT2D eigenvalue weighted by Gasteiger charge is 2.33. The predicted molar refractivity (Wildman–Crippen MR) is 110 cm³/mol. The largest absolute Gasteiger partial charge is 0.462 e. The fraction of sp³-hybridized carbons (Fsp3) is 0.500. The van der Waals surface area contributed by atoms with Crippen LogP contribution in [-0.4, -0.2) is 12.1 Å². The van der Waals surface area contributed by atoms with Gasteiger partial charge in [0.05, 0.1) is 6.07 Å². The second kappa shape index (κ2) is 9.04. The first kappa shape index (κ1) is 21.0. The van der Waals surface area contributed by atoms with Crippen LogP contribution in [0.25, 0.3) is 0 Å². The number of rotatable bonds is 3. The zero-order chi connectivity index (χ0) is 20.0. The molecule has 2 rings (SSSR count). The average Bonchev–Trinajstić information content (AvgIpc) is 2.78. The van der Waals surface area contributed by atoms with Gasteiger partial charge in [-0.05, 0) is 67.2 Å². The number of ether oxygens (including phenoxy) is 1. The first-order valence-corrected chi connectivity index (χ1v) is 9.75. The van der Waals surface area contributed by atoms with Crippen LogP contribution in [0, 0.1) is 16.7 Å². The minimum atomic E-state index is -0.201. The molecular formula is C24H31NO2. The molecule has 0 aromatic heterocycles. The van der Waals surface area contributed by atoms with Crippen LogP contribution < -0.4 is 0 Å². The topological polar surface area (TPSA) is 50.1 Å². The molecule has 0 fully saturated rings. The summed E-state index contributed by atoms with van der Waals surface area (Å²) in [7, 11) is 0. The van der Waals surface area contributed by atoms with E-state index in [4.69, 9.17) is 10.00 Å².